The zero-order valence-corrected chi connectivity index (χ0v) is 16.6. The van der Waals surface area contributed by atoms with Gasteiger partial charge in [0.1, 0.15) is 6.10 Å². The van der Waals surface area contributed by atoms with Crippen molar-refractivity contribution in [1.29, 1.82) is 0 Å². The molecule has 156 valence electrons. The Morgan fingerprint density at radius 3 is 1.48 bits per heavy atom. The van der Waals surface area contributed by atoms with Crippen molar-refractivity contribution in [2.24, 2.45) is 17.8 Å². The third-order valence-electron chi connectivity index (χ3n) is 3.52. The Labute approximate surface area is 159 Å². The lowest BCUT2D eigenvalue weighted by Crippen LogP contribution is -2.53. The van der Waals surface area contributed by atoms with Crippen LogP contribution in [0.4, 0.5) is 0 Å². The Kier molecular flexibility index (Phi) is 10.8. The van der Waals surface area contributed by atoms with Crippen molar-refractivity contribution >= 4 is 24.2 Å². The van der Waals surface area contributed by atoms with E-state index in [-0.39, 0.29) is 6.29 Å². The summed E-state index contributed by atoms with van der Waals surface area (Å²) in [4.78, 5) is 47.5. The molecule has 9 nitrogen and oxygen atoms in total. The summed E-state index contributed by atoms with van der Waals surface area (Å²) < 4.78 is 15.4. The summed E-state index contributed by atoms with van der Waals surface area (Å²) in [7, 11) is 0. The summed E-state index contributed by atoms with van der Waals surface area (Å²) in [5.41, 5.74) is 0. The van der Waals surface area contributed by atoms with E-state index in [0.717, 1.165) is 0 Å². The molecule has 2 N–H and O–H groups in total. The maximum absolute atomic E-state index is 12.1. The lowest BCUT2D eigenvalue weighted by atomic mass is 10.0. The number of aldehydes is 1. The quantitative estimate of drug-likeness (QED) is 0.289. The number of aliphatic hydroxyl groups is 2. The average molecular weight is 390 g/mol. The topological polar surface area (TPSA) is 136 Å². The predicted molar refractivity (Wildman–Crippen MR) is 93.3 cm³/mol. The molecule has 0 aliphatic carbocycles. The smallest absolute Gasteiger partial charge is 0.309 e. The first-order valence-corrected chi connectivity index (χ1v) is 8.81. The van der Waals surface area contributed by atoms with Gasteiger partial charge in [0.15, 0.2) is 24.6 Å². The highest BCUT2D eigenvalue weighted by Gasteiger charge is 2.42. The van der Waals surface area contributed by atoms with E-state index in [4.69, 9.17) is 14.2 Å². The van der Waals surface area contributed by atoms with Gasteiger partial charge in [0, 0.05) is 0 Å². The maximum atomic E-state index is 12.1. The molecule has 0 aromatic carbocycles. The zero-order valence-electron chi connectivity index (χ0n) is 16.6. The van der Waals surface area contributed by atoms with Crippen LogP contribution in [0.1, 0.15) is 41.5 Å². The van der Waals surface area contributed by atoms with Gasteiger partial charge in [-0.05, 0) is 0 Å². The summed E-state index contributed by atoms with van der Waals surface area (Å²) in [5, 5.41) is 19.4. The second kappa shape index (κ2) is 11.7. The van der Waals surface area contributed by atoms with Crippen LogP contribution in [0.2, 0.25) is 0 Å². The van der Waals surface area contributed by atoms with Crippen molar-refractivity contribution in [3.8, 4) is 0 Å². The standard InChI is InChI=1S/C18H30O9/c1-9(2)16(22)25-13(8-20)15(27-18(24)11(5)6)14(12(21)7-19)26-17(23)10(3)4/h8-15,19,21H,7H2,1-6H3/t12-,13+,14-,15-/m1/s1. The Balaban J connectivity index is 5.89. The number of ether oxygens (including phenoxy) is 3. The first-order valence-electron chi connectivity index (χ1n) is 8.81. The molecule has 0 aromatic rings. The highest BCUT2D eigenvalue weighted by molar-refractivity contribution is 5.76. The SMILES string of the molecule is CC(C)C(=O)O[C@@H]([C@H](OC(=O)C(C)C)[C@H](C=O)OC(=O)C(C)C)[C@H](O)CO. The highest BCUT2D eigenvalue weighted by atomic mass is 16.6. The predicted octanol–water partition coefficient (Wildman–Crippen LogP) is 0.242. The Bertz CT molecular complexity index is 513. The molecule has 0 amide bonds. The monoisotopic (exact) mass is 390 g/mol. The van der Waals surface area contributed by atoms with E-state index < -0.39 is 66.7 Å². The second-order valence-electron chi connectivity index (χ2n) is 7.05. The van der Waals surface area contributed by atoms with Gasteiger partial charge < -0.3 is 24.4 Å². The molecule has 4 atom stereocenters. The molecule has 27 heavy (non-hydrogen) atoms. The molecule has 0 aromatic heterocycles. The molecule has 0 unspecified atom stereocenters. The van der Waals surface area contributed by atoms with Gasteiger partial charge in [0.05, 0.1) is 24.4 Å². The van der Waals surface area contributed by atoms with Crippen LogP contribution < -0.4 is 0 Å². The van der Waals surface area contributed by atoms with Crippen LogP contribution >= 0.6 is 0 Å². The fourth-order valence-corrected chi connectivity index (χ4v) is 1.77. The number of rotatable bonds is 11. The van der Waals surface area contributed by atoms with Gasteiger partial charge in [-0.25, -0.2) is 0 Å². The Hall–Kier alpha value is -2.00. The van der Waals surface area contributed by atoms with Gasteiger partial charge in [-0.2, -0.15) is 0 Å². The van der Waals surface area contributed by atoms with E-state index in [2.05, 4.69) is 0 Å². The lowest BCUT2D eigenvalue weighted by molar-refractivity contribution is -0.199. The number of hydrogen-bond acceptors (Lipinski definition) is 9. The van der Waals surface area contributed by atoms with Crippen LogP contribution in [0.25, 0.3) is 0 Å². The Morgan fingerprint density at radius 1 is 0.778 bits per heavy atom. The van der Waals surface area contributed by atoms with E-state index in [1.807, 2.05) is 0 Å². The minimum atomic E-state index is -1.67. The molecule has 0 saturated heterocycles. The normalized spacial score (nSPS) is 15.8. The summed E-state index contributed by atoms with van der Waals surface area (Å²) in [5.74, 6) is -4.03. The summed E-state index contributed by atoms with van der Waals surface area (Å²) >= 11 is 0. The van der Waals surface area contributed by atoms with Crippen molar-refractivity contribution in [2.45, 2.75) is 66.0 Å². The fraction of sp³-hybridized carbons (Fsp3) is 0.778. The molecule has 0 spiro atoms. The van der Waals surface area contributed by atoms with Crippen molar-refractivity contribution in [3.05, 3.63) is 0 Å². The Morgan fingerprint density at radius 2 is 1.15 bits per heavy atom. The molecule has 0 fully saturated rings. The van der Waals surface area contributed by atoms with Gasteiger partial charge in [0.25, 0.3) is 0 Å². The van der Waals surface area contributed by atoms with Gasteiger partial charge >= 0.3 is 17.9 Å². The van der Waals surface area contributed by atoms with Crippen molar-refractivity contribution in [1.82, 2.24) is 0 Å². The van der Waals surface area contributed by atoms with E-state index in [1.165, 1.54) is 41.5 Å². The first kappa shape index (κ1) is 25.0. The van der Waals surface area contributed by atoms with Crippen molar-refractivity contribution < 1.29 is 43.6 Å². The van der Waals surface area contributed by atoms with Crippen LogP contribution in [0.5, 0.6) is 0 Å². The van der Waals surface area contributed by atoms with Crippen LogP contribution in [0, 0.1) is 17.8 Å². The molecule has 0 saturated carbocycles. The van der Waals surface area contributed by atoms with Gasteiger partial charge in [0.2, 0.25) is 0 Å². The molecule has 0 aliphatic heterocycles. The molecular weight excluding hydrogens is 360 g/mol. The van der Waals surface area contributed by atoms with E-state index >= 15 is 0 Å². The number of carbonyl (C=O) groups excluding carboxylic acids is 4. The van der Waals surface area contributed by atoms with Crippen LogP contribution in [0.15, 0.2) is 0 Å². The van der Waals surface area contributed by atoms with E-state index in [9.17, 15) is 29.4 Å². The number of carbonyl (C=O) groups is 4. The number of hydrogen-bond donors (Lipinski definition) is 2. The summed E-state index contributed by atoms with van der Waals surface area (Å²) in [6.45, 7) is 8.39. The molecule has 0 bridgehead atoms. The maximum Gasteiger partial charge on any atom is 0.309 e. The molecular formula is C18H30O9. The number of esters is 3. The lowest BCUT2D eigenvalue weighted by Gasteiger charge is -2.33. The summed E-state index contributed by atoms with van der Waals surface area (Å²) in [6, 6.07) is 0. The average Bonchev–Trinajstić information content (AvgIpc) is 2.60. The molecule has 9 heteroatoms. The van der Waals surface area contributed by atoms with Crippen LogP contribution in [-0.2, 0) is 33.4 Å². The van der Waals surface area contributed by atoms with Crippen molar-refractivity contribution in [2.75, 3.05) is 6.61 Å². The molecule has 0 heterocycles. The first-order chi connectivity index (χ1) is 12.5. The van der Waals surface area contributed by atoms with Crippen molar-refractivity contribution in [3.63, 3.8) is 0 Å². The minimum Gasteiger partial charge on any atom is -0.455 e. The van der Waals surface area contributed by atoms with Gasteiger partial charge in [-0.1, -0.05) is 41.5 Å². The van der Waals surface area contributed by atoms with Crippen LogP contribution in [0.3, 0.4) is 0 Å². The fourth-order valence-electron chi connectivity index (χ4n) is 1.77. The van der Waals surface area contributed by atoms with Gasteiger partial charge in [-0.3, -0.25) is 19.2 Å². The molecule has 0 aliphatic rings. The van der Waals surface area contributed by atoms with E-state index in [1.54, 1.807) is 0 Å². The van der Waals surface area contributed by atoms with Gasteiger partial charge in [-0.15, -0.1) is 0 Å². The zero-order chi connectivity index (χ0) is 21.3. The molecule has 0 rings (SSSR count). The molecule has 0 radical (unpaired) electrons. The third-order valence-corrected chi connectivity index (χ3v) is 3.52. The van der Waals surface area contributed by atoms with Crippen LogP contribution in [-0.4, -0.2) is 65.4 Å². The second-order valence-corrected chi connectivity index (χ2v) is 7.05. The number of aliphatic hydroxyl groups excluding tert-OH is 2. The highest BCUT2D eigenvalue weighted by Crippen LogP contribution is 2.19. The summed E-state index contributed by atoms with van der Waals surface area (Å²) in [6.07, 6.45) is -6.31. The minimum absolute atomic E-state index is 0.221. The largest absolute Gasteiger partial charge is 0.455 e. The third kappa shape index (κ3) is 8.04. The van der Waals surface area contributed by atoms with E-state index in [0.29, 0.717) is 0 Å².